The van der Waals surface area contributed by atoms with Crippen molar-refractivity contribution in [3.63, 3.8) is 0 Å². The van der Waals surface area contributed by atoms with Crippen LogP contribution in [0.2, 0.25) is 5.02 Å². The molecule has 0 aliphatic carbocycles. The van der Waals surface area contributed by atoms with E-state index in [-0.39, 0.29) is 17.6 Å². The third kappa shape index (κ3) is 2.81. The molecule has 0 saturated carbocycles. The molecule has 130 valence electrons. The summed E-state index contributed by atoms with van der Waals surface area (Å²) in [4.78, 5) is 29.4. The van der Waals surface area contributed by atoms with Gasteiger partial charge in [0.25, 0.3) is 5.56 Å². The van der Waals surface area contributed by atoms with E-state index in [1.54, 1.807) is 42.2 Å². The molecule has 0 bridgehead atoms. The molecule has 0 saturated heterocycles. The Hall–Kier alpha value is -2.90. The number of hydrogen-bond donors (Lipinski definition) is 1. The molecule has 0 spiro atoms. The van der Waals surface area contributed by atoms with E-state index < -0.39 is 16.7 Å². The van der Waals surface area contributed by atoms with Crippen LogP contribution in [0.4, 0.5) is 0 Å². The summed E-state index contributed by atoms with van der Waals surface area (Å²) in [6.45, 7) is 0.276. The maximum atomic E-state index is 12.8. The van der Waals surface area contributed by atoms with Crippen molar-refractivity contribution >= 4 is 28.5 Å². The smallest absolute Gasteiger partial charge is 0.279 e. The monoisotopic (exact) mass is 385 g/mol. The summed E-state index contributed by atoms with van der Waals surface area (Å²) < 4.78 is 2.87. The Morgan fingerprint density at radius 2 is 2.08 bits per heavy atom. The van der Waals surface area contributed by atoms with Gasteiger partial charge in [-0.1, -0.05) is 23.7 Å². The maximum absolute atomic E-state index is 12.8. The van der Waals surface area contributed by atoms with Gasteiger partial charge < -0.3 is 14.1 Å². The fourth-order valence-corrected chi connectivity index (χ4v) is 3.63. The predicted molar refractivity (Wildman–Crippen MR) is 101 cm³/mol. The minimum atomic E-state index is -0.613. The summed E-state index contributed by atoms with van der Waals surface area (Å²) in [5.41, 5.74) is -0.0580. The lowest BCUT2D eigenvalue weighted by molar-refractivity contribution is 0.472. The zero-order valence-corrected chi connectivity index (χ0v) is 14.9. The molecular weight excluding hydrogens is 374 g/mol. The molecule has 26 heavy (non-hydrogen) atoms. The molecule has 4 aromatic rings. The van der Waals surface area contributed by atoms with Gasteiger partial charge in [-0.3, -0.25) is 9.59 Å². The summed E-state index contributed by atoms with van der Waals surface area (Å²) in [5.74, 6) is -0.580. The van der Waals surface area contributed by atoms with Crippen LogP contribution in [0.5, 0.6) is 5.75 Å². The molecule has 1 N–H and O–H groups in total. The maximum Gasteiger partial charge on any atom is 0.279 e. The van der Waals surface area contributed by atoms with E-state index in [9.17, 15) is 14.7 Å². The molecule has 0 amide bonds. The highest BCUT2D eigenvalue weighted by Crippen LogP contribution is 2.22. The number of benzene rings is 1. The minimum absolute atomic E-state index is 0.0696. The molecule has 0 atom stereocenters. The second-order valence-electron chi connectivity index (χ2n) is 5.67. The molecule has 6 nitrogen and oxygen atoms in total. The first-order valence-electron chi connectivity index (χ1n) is 7.66. The molecule has 4 rings (SSSR count). The average molecular weight is 386 g/mol. The summed E-state index contributed by atoms with van der Waals surface area (Å²) >= 11 is 7.27. The average Bonchev–Trinajstić information content (AvgIpc) is 3.14. The van der Waals surface area contributed by atoms with E-state index in [2.05, 4.69) is 4.98 Å². The zero-order chi connectivity index (χ0) is 18.3. The van der Waals surface area contributed by atoms with Gasteiger partial charge in [0.2, 0.25) is 5.43 Å². The van der Waals surface area contributed by atoms with Gasteiger partial charge in [-0.25, -0.2) is 4.98 Å². The Bertz CT molecular complexity index is 1230. The Morgan fingerprint density at radius 3 is 2.81 bits per heavy atom. The van der Waals surface area contributed by atoms with Gasteiger partial charge in [0.05, 0.1) is 12.1 Å². The normalized spacial score (nSPS) is 11.1. The van der Waals surface area contributed by atoms with E-state index in [0.29, 0.717) is 10.0 Å². The highest BCUT2D eigenvalue weighted by atomic mass is 35.5. The quantitative estimate of drug-likeness (QED) is 0.588. The number of hydrogen-bond acceptors (Lipinski definition) is 5. The van der Waals surface area contributed by atoms with E-state index in [0.717, 1.165) is 5.56 Å². The van der Waals surface area contributed by atoms with Crippen molar-refractivity contribution in [2.24, 2.45) is 0 Å². The molecule has 8 heteroatoms. The molecule has 0 fully saturated rings. The summed E-state index contributed by atoms with van der Waals surface area (Å²) in [7, 11) is 0. The van der Waals surface area contributed by atoms with Crippen molar-refractivity contribution in [3.05, 3.63) is 85.6 Å². The van der Waals surface area contributed by atoms with E-state index in [1.807, 2.05) is 6.07 Å². The molecule has 0 aliphatic rings. The molecule has 1 aromatic carbocycles. The molecule has 0 radical (unpaired) electrons. The van der Waals surface area contributed by atoms with Crippen LogP contribution in [-0.2, 0) is 6.54 Å². The number of thiazole rings is 1. The third-order valence-electron chi connectivity index (χ3n) is 3.99. The molecular formula is C18H12ClN3O3S. The number of fused-ring (bicyclic) bond motifs is 1. The van der Waals surface area contributed by atoms with E-state index >= 15 is 0 Å². The SMILES string of the molecule is O=c1c(-c2nccs2)cn2ccn(Cc3cccc(Cl)c3)c(=O)c2c1O. The third-order valence-corrected chi connectivity index (χ3v) is 5.03. The second kappa shape index (κ2) is 6.44. The number of halogens is 1. The van der Waals surface area contributed by atoms with Crippen molar-refractivity contribution in [1.29, 1.82) is 0 Å². The van der Waals surface area contributed by atoms with Gasteiger partial charge >= 0.3 is 0 Å². The van der Waals surface area contributed by atoms with Gasteiger partial charge in [0.15, 0.2) is 11.3 Å². The number of aromatic hydroxyl groups is 1. The van der Waals surface area contributed by atoms with Gasteiger partial charge in [0, 0.05) is 35.2 Å². The first kappa shape index (κ1) is 16.6. The van der Waals surface area contributed by atoms with Crippen molar-refractivity contribution in [1.82, 2.24) is 14.0 Å². The highest BCUT2D eigenvalue weighted by molar-refractivity contribution is 7.13. The van der Waals surface area contributed by atoms with Crippen LogP contribution in [0.3, 0.4) is 0 Å². The van der Waals surface area contributed by atoms with Crippen LogP contribution in [0, 0.1) is 0 Å². The topological polar surface area (TPSA) is 76.6 Å². The Morgan fingerprint density at radius 1 is 1.23 bits per heavy atom. The van der Waals surface area contributed by atoms with Crippen LogP contribution in [0.25, 0.3) is 16.1 Å². The number of rotatable bonds is 3. The first-order chi connectivity index (χ1) is 12.5. The molecule has 0 unspecified atom stereocenters. The van der Waals surface area contributed by atoms with E-state index in [4.69, 9.17) is 11.6 Å². The minimum Gasteiger partial charge on any atom is -0.503 e. The standard InChI is InChI=1S/C18H12ClN3O3S/c19-12-3-1-2-11(8-12)9-22-6-5-21-10-13(17-20-4-7-26-17)15(23)16(24)14(21)18(22)25/h1-8,10,24H,9H2. The van der Waals surface area contributed by atoms with Crippen molar-refractivity contribution in [3.8, 4) is 16.3 Å². The highest BCUT2D eigenvalue weighted by Gasteiger charge is 2.17. The Balaban J connectivity index is 1.88. The fraction of sp³-hybridized carbons (Fsp3) is 0.0556. The van der Waals surface area contributed by atoms with Gasteiger partial charge in [-0.05, 0) is 17.7 Å². The van der Waals surface area contributed by atoms with Gasteiger partial charge in [-0.2, -0.15) is 0 Å². The van der Waals surface area contributed by atoms with Crippen molar-refractivity contribution in [2.45, 2.75) is 6.54 Å². The second-order valence-corrected chi connectivity index (χ2v) is 7.01. The lowest BCUT2D eigenvalue weighted by Crippen LogP contribution is -2.24. The Labute approximate surface area is 156 Å². The summed E-state index contributed by atoms with van der Waals surface area (Å²) in [6, 6.07) is 7.15. The first-order valence-corrected chi connectivity index (χ1v) is 8.92. The summed E-state index contributed by atoms with van der Waals surface area (Å²) in [5, 5.41) is 13.2. The van der Waals surface area contributed by atoms with Gasteiger partial charge in [-0.15, -0.1) is 11.3 Å². The van der Waals surface area contributed by atoms with Crippen LogP contribution in [-0.4, -0.2) is 19.1 Å². The fourth-order valence-electron chi connectivity index (χ4n) is 2.77. The number of aromatic nitrogens is 3. The Kier molecular flexibility index (Phi) is 4.10. The van der Waals surface area contributed by atoms with Gasteiger partial charge in [0.1, 0.15) is 5.01 Å². The van der Waals surface area contributed by atoms with Crippen molar-refractivity contribution < 1.29 is 5.11 Å². The lowest BCUT2D eigenvalue weighted by Gasteiger charge is -2.10. The summed E-state index contributed by atoms with van der Waals surface area (Å²) in [6.07, 6.45) is 6.32. The van der Waals surface area contributed by atoms with Crippen LogP contribution in [0.15, 0.2) is 64.0 Å². The predicted octanol–water partition coefficient (Wildman–Crippen LogP) is 2.99. The van der Waals surface area contributed by atoms with Crippen LogP contribution >= 0.6 is 22.9 Å². The lowest BCUT2D eigenvalue weighted by atomic mass is 10.2. The molecule has 3 heterocycles. The van der Waals surface area contributed by atoms with Crippen molar-refractivity contribution in [2.75, 3.05) is 0 Å². The molecule has 3 aromatic heterocycles. The molecule has 0 aliphatic heterocycles. The van der Waals surface area contributed by atoms with E-state index in [1.165, 1.54) is 26.5 Å². The van der Waals surface area contributed by atoms with Crippen LogP contribution in [0.1, 0.15) is 5.56 Å². The number of nitrogens with zero attached hydrogens (tertiary/aromatic N) is 3. The zero-order valence-electron chi connectivity index (χ0n) is 13.3. The number of pyridine rings is 1. The van der Waals surface area contributed by atoms with Crippen LogP contribution < -0.4 is 11.0 Å². The largest absolute Gasteiger partial charge is 0.503 e.